The molecule has 0 aliphatic heterocycles. The number of benzene rings is 2. The minimum absolute atomic E-state index is 0.217. The molecule has 0 saturated carbocycles. The minimum Gasteiger partial charge on any atom is -0.406 e. The maximum atomic E-state index is 12.6. The number of ether oxygens (including phenoxy) is 1. The van der Waals surface area contributed by atoms with E-state index in [-0.39, 0.29) is 5.69 Å². The molecule has 2 amide bonds. The summed E-state index contributed by atoms with van der Waals surface area (Å²) in [7, 11) is 0. The predicted octanol–water partition coefficient (Wildman–Crippen LogP) is 5.43. The largest absolute Gasteiger partial charge is 0.573 e. The lowest BCUT2D eigenvalue weighted by atomic mass is 10.3. The van der Waals surface area contributed by atoms with Crippen molar-refractivity contribution >= 4 is 17.4 Å². The van der Waals surface area contributed by atoms with Gasteiger partial charge in [-0.1, -0.05) is 0 Å². The van der Waals surface area contributed by atoms with Gasteiger partial charge >= 0.3 is 18.6 Å². The first-order valence-corrected chi connectivity index (χ1v) is 8.17. The normalized spacial score (nSPS) is 11.8. The number of urea groups is 1. The zero-order valence-electron chi connectivity index (χ0n) is 14.8. The monoisotopic (exact) mass is 430 g/mol. The van der Waals surface area contributed by atoms with E-state index in [1.165, 1.54) is 36.4 Å². The van der Waals surface area contributed by atoms with Gasteiger partial charge in [-0.15, -0.1) is 13.2 Å². The van der Waals surface area contributed by atoms with Crippen molar-refractivity contribution in [3.8, 4) is 11.4 Å². The molecule has 0 saturated heterocycles. The zero-order valence-corrected chi connectivity index (χ0v) is 14.8. The minimum atomic E-state index is -4.82. The van der Waals surface area contributed by atoms with E-state index in [1.54, 1.807) is 0 Å². The average Bonchev–Trinajstić information content (AvgIpc) is 3.13. The summed E-state index contributed by atoms with van der Waals surface area (Å²) < 4.78 is 79.0. The van der Waals surface area contributed by atoms with Crippen molar-refractivity contribution in [3.05, 3.63) is 66.5 Å². The lowest BCUT2D eigenvalue weighted by molar-refractivity contribution is -0.274. The van der Waals surface area contributed by atoms with E-state index >= 15 is 0 Å². The maximum absolute atomic E-state index is 12.6. The van der Waals surface area contributed by atoms with Crippen LogP contribution in [-0.2, 0) is 6.18 Å². The molecule has 158 valence electrons. The molecule has 0 atom stereocenters. The standard InChI is InChI=1S/C18H12F6N4O2/c19-17(20,21)15-9-10-28(27-15)13-5-1-11(2-6-13)25-16(29)26-12-3-7-14(8-4-12)30-18(22,23)24/h1-10H,(H2,25,26,29). The second-order valence-electron chi connectivity index (χ2n) is 5.84. The van der Waals surface area contributed by atoms with Crippen molar-refractivity contribution in [1.82, 2.24) is 9.78 Å². The third-order valence-electron chi connectivity index (χ3n) is 3.61. The summed E-state index contributed by atoms with van der Waals surface area (Å²) in [5.41, 5.74) is -0.140. The molecular weight excluding hydrogens is 418 g/mol. The molecule has 0 bridgehead atoms. The van der Waals surface area contributed by atoms with E-state index in [9.17, 15) is 31.1 Å². The van der Waals surface area contributed by atoms with E-state index in [0.29, 0.717) is 11.4 Å². The first-order valence-electron chi connectivity index (χ1n) is 8.17. The van der Waals surface area contributed by atoms with Gasteiger partial charge in [-0.25, -0.2) is 9.48 Å². The smallest absolute Gasteiger partial charge is 0.406 e. The number of rotatable bonds is 4. The highest BCUT2D eigenvalue weighted by atomic mass is 19.4. The molecule has 0 fully saturated rings. The summed E-state index contributed by atoms with van der Waals surface area (Å²) in [6, 6.07) is 10.5. The van der Waals surface area contributed by atoms with Crippen LogP contribution in [0.4, 0.5) is 42.5 Å². The Morgan fingerprint density at radius 2 is 1.37 bits per heavy atom. The molecule has 1 aromatic heterocycles. The van der Waals surface area contributed by atoms with E-state index < -0.39 is 30.0 Å². The molecule has 2 aromatic carbocycles. The number of nitrogens with one attached hydrogen (secondary N) is 2. The van der Waals surface area contributed by atoms with Gasteiger partial charge in [0.1, 0.15) is 5.75 Å². The molecular formula is C18H12F6N4O2. The Hall–Kier alpha value is -3.70. The molecule has 1 heterocycles. The predicted molar refractivity (Wildman–Crippen MR) is 94.3 cm³/mol. The molecule has 0 unspecified atom stereocenters. The molecule has 30 heavy (non-hydrogen) atoms. The van der Waals surface area contributed by atoms with E-state index in [4.69, 9.17) is 0 Å². The van der Waals surface area contributed by atoms with Crippen LogP contribution in [0.25, 0.3) is 5.69 Å². The van der Waals surface area contributed by atoms with E-state index in [1.807, 2.05) is 0 Å². The van der Waals surface area contributed by atoms with Gasteiger partial charge in [0.2, 0.25) is 0 Å². The molecule has 2 N–H and O–H groups in total. The fourth-order valence-electron chi connectivity index (χ4n) is 2.35. The lowest BCUT2D eigenvalue weighted by Gasteiger charge is -2.11. The van der Waals surface area contributed by atoms with Crippen molar-refractivity contribution in [3.63, 3.8) is 0 Å². The Morgan fingerprint density at radius 3 is 1.83 bits per heavy atom. The molecule has 3 aromatic rings. The highest BCUT2D eigenvalue weighted by Gasteiger charge is 2.33. The number of alkyl halides is 6. The summed E-state index contributed by atoms with van der Waals surface area (Å²) in [6.45, 7) is 0. The van der Waals surface area contributed by atoms with Gasteiger partial charge in [-0.05, 0) is 54.6 Å². The fraction of sp³-hybridized carbons (Fsp3) is 0.111. The fourth-order valence-corrected chi connectivity index (χ4v) is 2.35. The summed E-state index contributed by atoms with van der Waals surface area (Å²) >= 11 is 0. The number of carbonyl (C=O) groups is 1. The first kappa shape index (κ1) is 21.0. The van der Waals surface area contributed by atoms with Gasteiger partial charge in [0, 0.05) is 17.6 Å². The summed E-state index contributed by atoms with van der Waals surface area (Å²) in [5, 5.41) is 8.34. The van der Waals surface area contributed by atoms with Crippen LogP contribution < -0.4 is 15.4 Å². The second kappa shape index (κ2) is 7.97. The van der Waals surface area contributed by atoms with Crippen LogP contribution >= 0.6 is 0 Å². The molecule has 0 spiro atoms. The summed E-state index contributed by atoms with van der Waals surface area (Å²) in [6.07, 6.45) is -8.21. The number of hydrogen-bond acceptors (Lipinski definition) is 3. The number of halogens is 6. The Bertz CT molecular complexity index is 1010. The van der Waals surface area contributed by atoms with Crippen LogP contribution in [0.2, 0.25) is 0 Å². The zero-order chi connectivity index (χ0) is 21.9. The van der Waals surface area contributed by atoms with Crippen LogP contribution in [-0.4, -0.2) is 22.2 Å². The highest BCUT2D eigenvalue weighted by Crippen LogP contribution is 2.28. The van der Waals surface area contributed by atoms with Gasteiger partial charge in [0.05, 0.1) is 5.69 Å². The van der Waals surface area contributed by atoms with Crippen LogP contribution in [0.5, 0.6) is 5.75 Å². The van der Waals surface area contributed by atoms with Crippen LogP contribution in [0, 0.1) is 0 Å². The molecule has 6 nitrogen and oxygen atoms in total. The number of hydrogen-bond donors (Lipinski definition) is 2. The molecule has 0 aliphatic carbocycles. The molecule has 3 rings (SSSR count). The lowest BCUT2D eigenvalue weighted by Crippen LogP contribution is -2.19. The van der Waals surface area contributed by atoms with Gasteiger partial charge in [0.15, 0.2) is 5.69 Å². The Labute approximate surface area is 165 Å². The summed E-state index contributed by atoms with van der Waals surface area (Å²) in [4.78, 5) is 12.0. The highest BCUT2D eigenvalue weighted by molar-refractivity contribution is 5.99. The Balaban J connectivity index is 1.59. The molecule has 12 heteroatoms. The second-order valence-corrected chi connectivity index (χ2v) is 5.84. The number of aromatic nitrogens is 2. The first-order chi connectivity index (χ1) is 14.0. The topological polar surface area (TPSA) is 68.2 Å². The Morgan fingerprint density at radius 1 is 0.833 bits per heavy atom. The van der Waals surface area contributed by atoms with Crippen LogP contribution in [0.15, 0.2) is 60.8 Å². The quantitative estimate of drug-likeness (QED) is 0.542. The SMILES string of the molecule is O=C(Nc1ccc(OC(F)(F)F)cc1)Nc1ccc(-n2ccc(C(F)(F)F)n2)cc1. The number of carbonyl (C=O) groups excluding carboxylic acids is 1. The number of amides is 2. The van der Waals surface area contributed by atoms with Crippen molar-refractivity contribution in [2.24, 2.45) is 0 Å². The Kier molecular flexibility index (Phi) is 5.58. The van der Waals surface area contributed by atoms with E-state index in [0.717, 1.165) is 29.1 Å². The third-order valence-corrected chi connectivity index (χ3v) is 3.61. The number of nitrogens with zero attached hydrogens (tertiary/aromatic N) is 2. The van der Waals surface area contributed by atoms with Gasteiger partial charge in [-0.3, -0.25) is 0 Å². The molecule has 0 radical (unpaired) electrons. The molecule has 0 aliphatic rings. The van der Waals surface area contributed by atoms with Crippen LogP contribution in [0.1, 0.15) is 5.69 Å². The van der Waals surface area contributed by atoms with Gasteiger partial charge in [-0.2, -0.15) is 18.3 Å². The third kappa shape index (κ3) is 5.65. The van der Waals surface area contributed by atoms with E-state index in [2.05, 4.69) is 20.5 Å². The summed E-state index contributed by atoms with van der Waals surface area (Å²) in [5.74, 6) is -0.434. The van der Waals surface area contributed by atoms with Crippen molar-refractivity contribution in [2.45, 2.75) is 12.5 Å². The van der Waals surface area contributed by atoms with Crippen molar-refractivity contribution in [1.29, 1.82) is 0 Å². The van der Waals surface area contributed by atoms with Gasteiger partial charge < -0.3 is 15.4 Å². The number of anilines is 2. The van der Waals surface area contributed by atoms with Crippen molar-refractivity contribution < 1.29 is 35.9 Å². The van der Waals surface area contributed by atoms with Gasteiger partial charge in [0.25, 0.3) is 0 Å². The average molecular weight is 430 g/mol. The van der Waals surface area contributed by atoms with Crippen LogP contribution in [0.3, 0.4) is 0 Å². The van der Waals surface area contributed by atoms with Crippen molar-refractivity contribution in [2.75, 3.05) is 10.6 Å². The maximum Gasteiger partial charge on any atom is 0.573 e.